The Hall–Kier alpha value is -10.4. The highest BCUT2D eigenvalue weighted by molar-refractivity contribution is 8.76. The lowest BCUT2D eigenvalue weighted by atomic mass is 9.85. The Morgan fingerprint density at radius 2 is 1.29 bits per heavy atom. The van der Waals surface area contributed by atoms with E-state index < -0.39 is 160 Å². The molecule has 1 fully saturated rings. The van der Waals surface area contributed by atoms with Crippen molar-refractivity contribution >= 4 is 131 Å². The Balaban J connectivity index is 1.11. The van der Waals surface area contributed by atoms with E-state index in [0.717, 1.165) is 43.1 Å². The molecule has 0 saturated carbocycles. The van der Waals surface area contributed by atoms with E-state index in [2.05, 4.69) is 63.3 Å². The average Bonchev–Trinajstić information content (AvgIpc) is 1.02. The molecule has 0 unspecified atom stereocenters. The Kier molecular flexibility index (Phi) is 35.2. The van der Waals surface area contributed by atoms with Crippen molar-refractivity contribution in [2.75, 3.05) is 55.3 Å². The van der Waals surface area contributed by atoms with Gasteiger partial charge in [0.15, 0.2) is 0 Å². The number of benzene rings is 4. The van der Waals surface area contributed by atoms with E-state index >= 15 is 4.79 Å². The van der Waals surface area contributed by atoms with E-state index in [1.807, 2.05) is 52.9 Å². The highest BCUT2D eigenvalue weighted by Crippen LogP contribution is 2.40. The van der Waals surface area contributed by atoms with E-state index in [0.29, 0.717) is 33.8 Å². The van der Waals surface area contributed by atoms with Crippen LogP contribution in [0.3, 0.4) is 0 Å². The van der Waals surface area contributed by atoms with Crippen LogP contribution in [-0.2, 0) is 82.6 Å². The zero-order chi connectivity index (χ0) is 87.0. The van der Waals surface area contributed by atoms with Crippen LogP contribution in [0.15, 0.2) is 102 Å². The van der Waals surface area contributed by atoms with Crippen LogP contribution in [0, 0.1) is 19.8 Å². The third-order valence-corrected chi connectivity index (χ3v) is 22.5. The molecule has 0 spiro atoms. The number of para-hydroxylation sites is 1. The summed E-state index contributed by atoms with van der Waals surface area (Å²) in [6.45, 7) is 13.9. The predicted octanol–water partition coefficient (Wildman–Crippen LogP) is 0.240. The van der Waals surface area contributed by atoms with Gasteiger partial charge in [-0.2, -0.15) is 10.1 Å². The van der Waals surface area contributed by atoms with Crippen LogP contribution in [0.4, 0.5) is 27.9 Å². The smallest absolute Gasteiger partial charge is 0.409 e. The second kappa shape index (κ2) is 43.9. The number of nitrogens with zero attached hydrogens (tertiary/aromatic N) is 6. The van der Waals surface area contributed by atoms with Crippen molar-refractivity contribution in [3.8, 4) is 5.75 Å². The molecule has 0 aliphatic carbocycles. The molecule has 3 heterocycles. The molecule has 1 saturated heterocycles. The largest absolute Gasteiger partial charge is 0.426 e. The van der Waals surface area contributed by atoms with Crippen molar-refractivity contribution in [3.05, 3.63) is 125 Å². The molecule has 2 aromatic heterocycles. The van der Waals surface area contributed by atoms with Crippen molar-refractivity contribution < 1.29 is 76.1 Å². The number of nitrogens with two attached hydrogens (primary N) is 5. The summed E-state index contributed by atoms with van der Waals surface area (Å²) in [5, 5.41) is 58.9. The van der Waals surface area contributed by atoms with Crippen molar-refractivity contribution in [2.45, 2.75) is 190 Å². The van der Waals surface area contributed by atoms with Crippen LogP contribution in [0.5, 0.6) is 5.75 Å². The van der Waals surface area contributed by atoms with Gasteiger partial charge < -0.3 is 96.0 Å². The van der Waals surface area contributed by atoms with Crippen LogP contribution in [0.2, 0.25) is 0 Å². The van der Waals surface area contributed by atoms with Crippen molar-refractivity contribution in [1.82, 2.24) is 72.9 Å². The lowest BCUT2D eigenvalue weighted by Gasteiger charge is -2.28. The fraction of sp³-hybridized carbons (Fsp3) is 0.487. The van der Waals surface area contributed by atoms with Crippen molar-refractivity contribution in [1.29, 1.82) is 0 Å². The second-order valence-corrected chi connectivity index (χ2v) is 34.1. The highest BCUT2D eigenvalue weighted by Gasteiger charge is 2.39. The van der Waals surface area contributed by atoms with Gasteiger partial charge in [0.05, 0.1) is 34.1 Å². The molecule has 11 atom stereocenters. The van der Waals surface area contributed by atoms with Gasteiger partial charge in [0.25, 0.3) is 0 Å². The topological polar surface area (TPSA) is 572 Å². The number of aromatic nitrogens is 4. The summed E-state index contributed by atoms with van der Waals surface area (Å²) in [6, 6.07) is 11.4. The number of aryl methyl sites for hydroxylation is 3. The van der Waals surface area contributed by atoms with Gasteiger partial charge in [-0.05, 0) is 151 Å². The van der Waals surface area contributed by atoms with Gasteiger partial charge in [-0.25, -0.2) is 28.2 Å². The molecule has 1 aliphatic rings. The predicted molar refractivity (Wildman–Crippen MR) is 448 cm³/mol. The van der Waals surface area contributed by atoms with Gasteiger partial charge in [-0.1, -0.05) is 111 Å². The quantitative estimate of drug-likeness (QED) is 0.0212. The van der Waals surface area contributed by atoms with E-state index in [-0.39, 0.29) is 104 Å². The first kappa shape index (κ1) is 94.7. The minimum absolute atomic E-state index is 0.00848. The molecule has 1 aliphatic heterocycles. The lowest BCUT2D eigenvalue weighted by Crippen LogP contribution is -2.61. The zero-order valence-electron chi connectivity index (χ0n) is 68.0. The molecule has 0 radical (unpaired) electrons. The van der Waals surface area contributed by atoms with Crippen LogP contribution in [0.1, 0.15) is 115 Å². The SMILES string of the molecule is Cc1ccc(N(C(=O)Oc2c(CSSCC(=O)N[C@H](C(=O)N[C@H](CCN)C(=O)N[C@H]3CCNC(=O)[C@@H]([C@@H](C)O)NC(=O)[C@@H](CCN)NC(=O)[C@@H](CCN)NC(=O)[C@@H](CC(C)C)NC(=O)[C@@H](Cc4ccccc4)NC(=O)[C@@H](CCN)NC3=O)[C@@H](C)O)cccc2C(C)(C)C)c2nccc(N(C)c3ccc4c(C)n(C)nc4c3)n2)cc1S(N)(=O)=O. The minimum atomic E-state index is -4.34. The third-order valence-electron chi connectivity index (χ3n) is 19.3. The van der Waals surface area contributed by atoms with Gasteiger partial charge in [0, 0.05) is 66.9 Å². The molecule has 37 nitrogen and oxygen atoms in total. The first-order valence-corrected chi connectivity index (χ1v) is 42.5. The third kappa shape index (κ3) is 26.5. The highest BCUT2D eigenvalue weighted by atomic mass is 33.1. The molecule has 4 aromatic carbocycles. The normalized spacial score (nSPS) is 19.5. The Morgan fingerprint density at radius 3 is 1.88 bits per heavy atom. The number of hydrogen-bond donors (Lipinski definition) is 17. The van der Waals surface area contributed by atoms with Crippen LogP contribution >= 0.6 is 21.6 Å². The van der Waals surface area contributed by atoms with E-state index in [9.17, 15) is 66.6 Å². The number of ether oxygens (including phenoxy) is 1. The molecule has 0 bridgehead atoms. The van der Waals surface area contributed by atoms with Crippen molar-refractivity contribution in [3.63, 3.8) is 0 Å². The number of carbonyl (C=O) groups excluding carboxylic acids is 11. The van der Waals surface area contributed by atoms with Gasteiger partial charge in [0.1, 0.15) is 65.9 Å². The number of anilines is 4. The second-order valence-electron chi connectivity index (χ2n) is 30.1. The maximum absolute atomic E-state index is 15.1. The Labute approximate surface area is 693 Å². The van der Waals surface area contributed by atoms with E-state index in [1.54, 1.807) is 92.0 Å². The summed E-state index contributed by atoms with van der Waals surface area (Å²) in [7, 11) is 1.46. The molecule has 6 aromatic rings. The summed E-state index contributed by atoms with van der Waals surface area (Å²) < 4.78 is 34.2. The van der Waals surface area contributed by atoms with Gasteiger partial charge in [-0.15, -0.1) is 0 Å². The van der Waals surface area contributed by atoms with Gasteiger partial charge >= 0.3 is 6.09 Å². The maximum Gasteiger partial charge on any atom is 0.426 e. The van der Waals surface area contributed by atoms with E-state index in [4.69, 9.17) is 37.8 Å². The standard InChI is InChI=1S/C78H111N21O16S3/c1-42(2)36-59-72(108)88-53(24-30-79)67(103)87-56(27-33-82)71(107)95-64(45(5)100)74(110)84-34-28-57(70(106)86-54(25-31-80)69(105)92-60(73(109)91-59)37-47-16-13-12-14-17-47)89-68(104)55(26-32-81)90-75(111)65(46(6)101)94-63(102)41-117-116-40-48-18-15-19-52(78(7,8)9)66(48)115-77(112)99(50-21-20-43(3)61(39-50)118(83,113)114)76-85-35-29-62(93-76)97(10)49-22-23-51-44(4)98(11)96-58(51)38-49/h12-23,29,35,38-39,42,45-46,53-57,59-60,64-65,100-101H,24-28,30-34,36-37,40-41,79-82H2,1-11H3,(H,84,110)(H,86,106)(H,87,103)(H,88,108)(H,89,104)(H,90,111)(H,91,109)(H,92,105)(H,94,102)(H,95,107)(H2,83,113,114)/t45-,46-,53-,54-,55-,56-,57+,59-,60-,64-,65+/m1/s1. The number of nitrogens with one attached hydrogen (secondary N) is 10. The molecule has 11 amide bonds. The Morgan fingerprint density at radius 1 is 0.695 bits per heavy atom. The van der Waals surface area contributed by atoms with Gasteiger partial charge in [0.2, 0.25) is 75.0 Å². The molecule has 22 N–H and O–H groups in total. The number of primary sulfonamides is 1. The monoisotopic (exact) mass is 1690 g/mol. The summed E-state index contributed by atoms with van der Waals surface area (Å²) >= 11 is 0. The number of aliphatic hydroxyl groups is 2. The average molecular weight is 1700 g/mol. The molecular weight excluding hydrogens is 1580 g/mol. The minimum Gasteiger partial charge on any atom is -0.409 e. The number of carbonyl (C=O) groups is 11. The summed E-state index contributed by atoms with van der Waals surface area (Å²) in [5.74, 6) is -9.64. The number of aliphatic hydroxyl groups excluding tert-OH is 2. The fourth-order valence-electron chi connectivity index (χ4n) is 12.8. The molecule has 118 heavy (non-hydrogen) atoms. The lowest BCUT2D eigenvalue weighted by molar-refractivity contribution is -0.136. The number of rotatable bonds is 30. The number of sulfonamides is 1. The molecule has 7 rings (SSSR count). The summed E-state index contributed by atoms with van der Waals surface area (Å²) in [5.41, 5.74) is 27.5. The number of amides is 11. The fourth-order valence-corrected chi connectivity index (χ4v) is 15.5. The molecule has 642 valence electrons. The zero-order valence-corrected chi connectivity index (χ0v) is 70.4. The van der Waals surface area contributed by atoms with Gasteiger partial charge in [-0.3, -0.25) is 52.6 Å². The van der Waals surface area contributed by atoms with Crippen molar-refractivity contribution in [2.24, 2.45) is 41.0 Å². The molecule has 40 heteroatoms. The van der Waals surface area contributed by atoms with Crippen LogP contribution in [0.25, 0.3) is 10.9 Å². The molecular formula is C78H111N21O16S3. The summed E-state index contributed by atoms with van der Waals surface area (Å²) in [6.07, 6.45) is -4.36. The van der Waals surface area contributed by atoms with Crippen LogP contribution in [-0.4, -0.2) is 216 Å². The first-order valence-electron chi connectivity index (χ1n) is 38.5. The van der Waals surface area contributed by atoms with Crippen LogP contribution < -0.4 is 95.8 Å². The Bertz CT molecular complexity index is 4670. The first-order chi connectivity index (χ1) is 55.8. The maximum atomic E-state index is 15.1. The van der Waals surface area contributed by atoms with E-state index in [1.165, 1.54) is 38.2 Å². The number of hydrogen-bond acceptors (Lipinski definition) is 26. The number of fused-ring (bicyclic) bond motifs is 1. The summed E-state index contributed by atoms with van der Waals surface area (Å²) in [4.78, 5) is 170.